The molecule has 6 nitrogen and oxygen atoms in total. The molecule has 4 rings (SSSR count). The van der Waals surface area contributed by atoms with E-state index < -0.39 is 11.5 Å². The molecule has 1 atom stereocenters. The number of fused-ring (bicyclic) bond motifs is 1. The van der Waals surface area contributed by atoms with Crippen molar-refractivity contribution in [1.82, 2.24) is 0 Å². The molecule has 0 fully saturated rings. The van der Waals surface area contributed by atoms with Gasteiger partial charge < -0.3 is 19.5 Å². The van der Waals surface area contributed by atoms with Crippen LogP contribution in [0.25, 0.3) is 0 Å². The van der Waals surface area contributed by atoms with Crippen molar-refractivity contribution in [3.8, 4) is 11.5 Å². The first-order valence-electron chi connectivity index (χ1n) is 9.91. The summed E-state index contributed by atoms with van der Waals surface area (Å²) in [5.74, 6) is 0.0258. The molecule has 0 spiro atoms. The molecule has 1 aliphatic heterocycles. The minimum atomic E-state index is -1.93. The second kappa shape index (κ2) is 8.24. The predicted molar refractivity (Wildman–Crippen MR) is 116 cm³/mol. The molecule has 158 valence electrons. The van der Waals surface area contributed by atoms with Crippen LogP contribution in [-0.2, 0) is 16.9 Å². The number of amides is 1. The zero-order valence-electron chi connectivity index (χ0n) is 17.4. The highest BCUT2D eigenvalue weighted by atomic mass is 16.5. The average molecular weight is 417 g/mol. The van der Waals surface area contributed by atoms with Crippen LogP contribution in [0.2, 0.25) is 0 Å². The number of anilines is 1. The van der Waals surface area contributed by atoms with Crippen molar-refractivity contribution >= 4 is 17.4 Å². The third-order valence-electron chi connectivity index (χ3n) is 5.54. The van der Waals surface area contributed by atoms with Gasteiger partial charge in [0.2, 0.25) is 0 Å². The lowest BCUT2D eigenvalue weighted by Gasteiger charge is -2.23. The molecule has 0 saturated carbocycles. The topological polar surface area (TPSA) is 76.1 Å². The van der Waals surface area contributed by atoms with E-state index in [0.717, 1.165) is 5.56 Å². The minimum Gasteiger partial charge on any atom is -0.493 e. The maximum Gasteiger partial charge on any atom is 0.264 e. The molecule has 3 aromatic carbocycles. The maximum atomic E-state index is 13.4. The number of ether oxygens (including phenoxy) is 2. The van der Waals surface area contributed by atoms with E-state index in [1.54, 1.807) is 36.4 Å². The van der Waals surface area contributed by atoms with Gasteiger partial charge in [-0.25, -0.2) is 0 Å². The van der Waals surface area contributed by atoms with E-state index in [1.807, 2.05) is 36.4 Å². The third-order valence-corrected chi connectivity index (χ3v) is 5.54. The number of rotatable bonds is 7. The van der Waals surface area contributed by atoms with Crippen LogP contribution in [-0.4, -0.2) is 31.0 Å². The van der Waals surface area contributed by atoms with Crippen LogP contribution in [0, 0.1) is 0 Å². The van der Waals surface area contributed by atoms with Crippen molar-refractivity contribution in [1.29, 1.82) is 0 Å². The molecule has 1 aliphatic rings. The molecule has 1 heterocycles. The number of methoxy groups -OCH3 is 2. The molecule has 0 aromatic heterocycles. The minimum absolute atomic E-state index is 0.309. The zero-order chi connectivity index (χ0) is 22.0. The lowest BCUT2D eigenvalue weighted by Crippen LogP contribution is -2.41. The van der Waals surface area contributed by atoms with E-state index in [-0.39, 0.29) is 12.2 Å². The van der Waals surface area contributed by atoms with Crippen LogP contribution >= 0.6 is 0 Å². The van der Waals surface area contributed by atoms with E-state index in [1.165, 1.54) is 19.1 Å². The Morgan fingerprint density at radius 3 is 2.32 bits per heavy atom. The first kappa shape index (κ1) is 20.6. The van der Waals surface area contributed by atoms with Crippen LogP contribution in [0.15, 0.2) is 72.8 Å². The number of hydrogen-bond donors (Lipinski definition) is 1. The Morgan fingerprint density at radius 2 is 1.61 bits per heavy atom. The fraction of sp³-hybridized carbons (Fsp3) is 0.200. The number of carbonyl (C=O) groups excluding carboxylic acids is 2. The summed E-state index contributed by atoms with van der Waals surface area (Å²) in [5.41, 5.74) is 0.373. The van der Waals surface area contributed by atoms with Crippen molar-refractivity contribution in [3.05, 3.63) is 89.5 Å². The number of nitrogens with zero attached hydrogens (tertiary/aromatic N) is 1. The number of aliphatic hydroxyl groups is 1. The normalized spacial score (nSPS) is 17.4. The molecule has 1 amide bonds. The fourth-order valence-corrected chi connectivity index (χ4v) is 3.94. The van der Waals surface area contributed by atoms with Crippen molar-refractivity contribution in [2.24, 2.45) is 0 Å². The summed E-state index contributed by atoms with van der Waals surface area (Å²) in [6.45, 7) is 0.309. The highest BCUT2D eigenvalue weighted by Crippen LogP contribution is 2.43. The first-order chi connectivity index (χ1) is 15.0. The van der Waals surface area contributed by atoms with Crippen LogP contribution in [0.1, 0.15) is 27.9 Å². The number of carbonyl (C=O) groups is 2. The summed E-state index contributed by atoms with van der Waals surface area (Å²) >= 11 is 0. The Balaban J connectivity index is 1.66. The molecule has 0 unspecified atom stereocenters. The van der Waals surface area contributed by atoms with Gasteiger partial charge in [0.1, 0.15) is 0 Å². The van der Waals surface area contributed by atoms with E-state index in [4.69, 9.17) is 9.47 Å². The van der Waals surface area contributed by atoms with Gasteiger partial charge in [-0.15, -0.1) is 0 Å². The van der Waals surface area contributed by atoms with E-state index in [9.17, 15) is 14.7 Å². The van der Waals surface area contributed by atoms with Crippen molar-refractivity contribution in [2.75, 3.05) is 19.1 Å². The maximum absolute atomic E-state index is 13.4. The van der Waals surface area contributed by atoms with Crippen LogP contribution in [0.4, 0.5) is 5.69 Å². The second-order valence-electron chi connectivity index (χ2n) is 7.42. The lowest BCUT2D eigenvalue weighted by molar-refractivity contribution is -0.136. The van der Waals surface area contributed by atoms with Gasteiger partial charge in [0.05, 0.1) is 32.9 Å². The van der Waals surface area contributed by atoms with Crippen molar-refractivity contribution in [2.45, 2.75) is 18.6 Å². The van der Waals surface area contributed by atoms with Gasteiger partial charge in [0, 0.05) is 11.1 Å². The summed E-state index contributed by atoms with van der Waals surface area (Å²) in [6, 6.07) is 21.4. The smallest absolute Gasteiger partial charge is 0.264 e. The molecule has 3 aromatic rings. The van der Waals surface area contributed by atoms with Crippen molar-refractivity contribution < 1.29 is 24.2 Å². The highest BCUT2D eigenvalue weighted by molar-refractivity contribution is 6.10. The monoisotopic (exact) mass is 417 g/mol. The predicted octanol–water partition coefficient (Wildman–Crippen LogP) is 3.71. The fourth-order valence-electron chi connectivity index (χ4n) is 3.94. The second-order valence-corrected chi connectivity index (χ2v) is 7.42. The quantitative estimate of drug-likeness (QED) is 0.593. The van der Waals surface area contributed by atoms with Gasteiger partial charge in [-0.3, -0.25) is 9.59 Å². The summed E-state index contributed by atoms with van der Waals surface area (Å²) < 4.78 is 10.5. The Bertz CT molecular complexity index is 1130. The van der Waals surface area contributed by atoms with Crippen LogP contribution in [0.5, 0.6) is 11.5 Å². The number of benzene rings is 3. The van der Waals surface area contributed by atoms with Crippen LogP contribution in [0.3, 0.4) is 0 Å². The van der Waals surface area contributed by atoms with Gasteiger partial charge in [-0.2, -0.15) is 0 Å². The average Bonchev–Trinajstić information content (AvgIpc) is 3.01. The van der Waals surface area contributed by atoms with E-state index in [0.29, 0.717) is 34.9 Å². The number of hydrogen-bond acceptors (Lipinski definition) is 5. The molecule has 0 aliphatic carbocycles. The summed E-state index contributed by atoms with van der Waals surface area (Å²) in [4.78, 5) is 28.0. The molecular formula is C25H23NO5. The van der Waals surface area contributed by atoms with Gasteiger partial charge in [-0.05, 0) is 29.8 Å². The van der Waals surface area contributed by atoms with Gasteiger partial charge in [0.25, 0.3) is 5.91 Å². The van der Waals surface area contributed by atoms with Gasteiger partial charge >= 0.3 is 0 Å². The van der Waals surface area contributed by atoms with Crippen molar-refractivity contribution in [3.63, 3.8) is 0 Å². The summed E-state index contributed by atoms with van der Waals surface area (Å²) in [5, 5.41) is 11.5. The SMILES string of the molecule is COc1ccc(C(=O)C[C@@]2(O)C(=O)N(Cc3ccccc3)c3ccccc32)cc1OC. The number of Topliss-reactive ketones (excluding diaryl/α,β-unsaturated/α-hetero) is 1. The Hall–Kier alpha value is -3.64. The number of ketones is 1. The van der Waals surface area contributed by atoms with E-state index >= 15 is 0 Å². The molecular weight excluding hydrogens is 394 g/mol. The first-order valence-corrected chi connectivity index (χ1v) is 9.91. The highest BCUT2D eigenvalue weighted by Gasteiger charge is 2.50. The largest absolute Gasteiger partial charge is 0.493 e. The van der Waals surface area contributed by atoms with Crippen LogP contribution < -0.4 is 14.4 Å². The Labute approximate surface area is 180 Å². The molecule has 0 radical (unpaired) electrons. The molecule has 6 heteroatoms. The third kappa shape index (κ3) is 3.66. The Morgan fingerprint density at radius 1 is 0.935 bits per heavy atom. The zero-order valence-corrected chi connectivity index (χ0v) is 17.4. The molecule has 0 saturated heterocycles. The summed E-state index contributed by atoms with van der Waals surface area (Å²) in [7, 11) is 3.00. The molecule has 0 bridgehead atoms. The molecule has 31 heavy (non-hydrogen) atoms. The number of para-hydroxylation sites is 1. The lowest BCUT2D eigenvalue weighted by atomic mass is 9.88. The van der Waals surface area contributed by atoms with E-state index in [2.05, 4.69) is 0 Å². The Kier molecular flexibility index (Phi) is 5.48. The summed E-state index contributed by atoms with van der Waals surface area (Å²) in [6.07, 6.45) is -0.371. The van der Waals surface area contributed by atoms with Gasteiger partial charge in [0.15, 0.2) is 22.9 Å². The standard InChI is InChI=1S/C25H23NO5/c1-30-22-13-12-18(14-23(22)31-2)21(27)15-25(29)19-10-6-7-11-20(19)26(24(25)28)16-17-8-4-3-5-9-17/h3-14,29H,15-16H2,1-2H3/t25-/m0/s1. The van der Waals surface area contributed by atoms with Gasteiger partial charge in [-0.1, -0.05) is 48.5 Å². The molecule has 1 N–H and O–H groups in total.